The zero-order valence-corrected chi connectivity index (χ0v) is 17.3. The van der Waals surface area contributed by atoms with Crippen molar-refractivity contribution >= 4 is 17.2 Å². The summed E-state index contributed by atoms with van der Waals surface area (Å²) in [6.45, 7) is 13.3. The molecule has 2 aromatic rings. The van der Waals surface area contributed by atoms with Gasteiger partial charge in [-0.1, -0.05) is 31.5 Å². The standard InChI is InChI=1S/C22H31N3O2/c1-7-18(8-2)27-19-13-17(6)24-22-20(19)23-9-10-25(22,26)21-15(4)11-14(3)12-16(21)5/h11-13,18,23H,7-10H2,1-6H3. The first kappa shape index (κ1) is 19.6. The molecule has 0 saturated carbocycles. The third kappa shape index (κ3) is 3.54. The van der Waals surface area contributed by atoms with E-state index >= 15 is 0 Å². The van der Waals surface area contributed by atoms with Crippen LogP contribution in [0.2, 0.25) is 0 Å². The number of hydrogen-bond acceptors (Lipinski definition) is 4. The zero-order chi connectivity index (χ0) is 19.8. The van der Waals surface area contributed by atoms with Crippen LogP contribution in [0.3, 0.4) is 0 Å². The van der Waals surface area contributed by atoms with E-state index in [9.17, 15) is 5.21 Å². The molecule has 0 bridgehead atoms. The Bertz CT molecular complexity index is 823. The highest BCUT2D eigenvalue weighted by molar-refractivity contribution is 5.79. The number of hydroxylamine groups is 1. The summed E-state index contributed by atoms with van der Waals surface area (Å²) in [5, 5.41) is 17.6. The smallest absolute Gasteiger partial charge is 0.260 e. The topological polar surface area (TPSA) is 57.2 Å². The van der Waals surface area contributed by atoms with E-state index in [1.807, 2.05) is 26.8 Å². The molecule has 1 aliphatic heterocycles. The number of fused-ring (bicyclic) bond motifs is 1. The van der Waals surface area contributed by atoms with Crippen molar-refractivity contribution < 1.29 is 4.74 Å². The normalized spacial score (nSPS) is 19.0. The van der Waals surface area contributed by atoms with Crippen LogP contribution in [0.1, 0.15) is 49.1 Å². The van der Waals surface area contributed by atoms with Gasteiger partial charge in [-0.2, -0.15) is 4.98 Å². The predicted octanol–water partition coefficient (Wildman–Crippen LogP) is 5.44. The molecule has 1 aromatic carbocycles. The summed E-state index contributed by atoms with van der Waals surface area (Å²) in [6, 6.07) is 6.10. The Kier molecular flexibility index (Phi) is 5.45. The van der Waals surface area contributed by atoms with Crippen molar-refractivity contribution in [1.29, 1.82) is 0 Å². The number of ether oxygens (including phenoxy) is 1. The molecular weight excluding hydrogens is 338 g/mol. The van der Waals surface area contributed by atoms with E-state index in [0.29, 0.717) is 18.9 Å². The summed E-state index contributed by atoms with van der Waals surface area (Å²) in [6.07, 6.45) is 2.00. The zero-order valence-electron chi connectivity index (χ0n) is 17.3. The largest absolute Gasteiger partial charge is 0.621 e. The van der Waals surface area contributed by atoms with Crippen LogP contribution < -0.4 is 14.7 Å². The molecular formula is C22H31N3O2. The van der Waals surface area contributed by atoms with Crippen molar-refractivity contribution in [3.63, 3.8) is 0 Å². The average molecular weight is 370 g/mol. The molecule has 0 spiro atoms. The number of anilines is 1. The van der Waals surface area contributed by atoms with Gasteiger partial charge in [-0.05, 0) is 40.5 Å². The van der Waals surface area contributed by atoms with Crippen LogP contribution in [0.25, 0.3) is 0 Å². The number of rotatable bonds is 5. The van der Waals surface area contributed by atoms with Gasteiger partial charge in [0.05, 0.1) is 12.6 Å². The Labute approximate surface area is 162 Å². The van der Waals surface area contributed by atoms with Gasteiger partial charge >= 0.3 is 0 Å². The van der Waals surface area contributed by atoms with E-state index in [2.05, 4.69) is 43.2 Å². The Morgan fingerprint density at radius 2 is 1.74 bits per heavy atom. The first-order valence-electron chi connectivity index (χ1n) is 9.90. The van der Waals surface area contributed by atoms with Crippen molar-refractivity contribution in [1.82, 2.24) is 9.63 Å². The third-order valence-corrected chi connectivity index (χ3v) is 5.36. The number of hydrogen-bond donors (Lipinski definition) is 1. The molecule has 0 aliphatic carbocycles. The molecule has 1 N–H and O–H groups in total. The molecule has 3 rings (SSSR count). The number of benzene rings is 1. The summed E-state index contributed by atoms with van der Waals surface area (Å²) >= 11 is 0. The first-order chi connectivity index (χ1) is 12.8. The van der Waals surface area contributed by atoms with Gasteiger partial charge in [0.1, 0.15) is 12.2 Å². The quantitative estimate of drug-likeness (QED) is 0.563. The van der Waals surface area contributed by atoms with Gasteiger partial charge in [0.25, 0.3) is 5.82 Å². The van der Waals surface area contributed by atoms with Crippen molar-refractivity contribution in [3.05, 3.63) is 45.8 Å². The molecule has 0 fully saturated rings. The number of pyridine rings is 1. The maximum absolute atomic E-state index is 14.2. The minimum Gasteiger partial charge on any atom is -0.621 e. The SMILES string of the molecule is CCC(CC)Oc1cc(C)nc2c1NCC[N+]2([O-])c1c(C)cc(C)cc1C. The second-order valence-electron chi connectivity index (χ2n) is 7.65. The van der Waals surface area contributed by atoms with Crippen LogP contribution in [0.15, 0.2) is 18.2 Å². The summed E-state index contributed by atoms with van der Waals surface area (Å²) in [5.74, 6) is 1.25. The van der Waals surface area contributed by atoms with E-state index < -0.39 is 4.65 Å². The van der Waals surface area contributed by atoms with Crippen LogP contribution in [0.4, 0.5) is 17.2 Å². The Morgan fingerprint density at radius 1 is 1.11 bits per heavy atom. The van der Waals surface area contributed by atoms with Gasteiger partial charge < -0.3 is 15.3 Å². The average Bonchev–Trinajstić information content (AvgIpc) is 2.59. The maximum Gasteiger partial charge on any atom is 0.260 e. The summed E-state index contributed by atoms with van der Waals surface area (Å²) in [7, 11) is 0. The van der Waals surface area contributed by atoms with E-state index in [1.165, 1.54) is 5.56 Å². The number of aromatic nitrogens is 1. The second kappa shape index (κ2) is 7.49. The minimum absolute atomic E-state index is 0.135. The van der Waals surface area contributed by atoms with Crippen LogP contribution in [-0.4, -0.2) is 24.2 Å². The van der Waals surface area contributed by atoms with Crippen LogP contribution >= 0.6 is 0 Å². The fraction of sp³-hybridized carbons (Fsp3) is 0.500. The lowest BCUT2D eigenvalue weighted by atomic mass is 10.0. The monoisotopic (exact) mass is 369 g/mol. The summed E-state index contributed by atoms with van der Waals surface area (Å²) in [5.41, 5.74) is 5.55. The van der Waals surface area contributed by atoms with Gasteiger partial charge in [-0.15, -0.1) is 0 Å². The molecule has 0 amide bonds. The first-order valence-corrected chi connectivity index (χ1v) is 9.90. The molecule has 1 unspecified atom stereocenters. The van der Waals surface area contributed by atoms with E-state index in [1.54, 1.807) is 0 Å². The van der Waals surface area contributed by atoms with Crippen LogP contribution in [0, 0.1) is 32.9 Å². The van der Waals surface area contributed by atoms with E-state index in [-0.39, 0.29) is 6.10 Å². The summed E-state index contributed by atoms with van der Waals surface area (Å²) in [4.78, 5) is 4.68. The Morgan fingerprint density at radius 3 is 2.33 bits per heavy atom. The highest BCUT2D eigenvalue weighted by Gasteiger charge is 2.37. The fourth-order valence-electron chi connectivity index (χ4n) is 4.19. The molecule has 1 atom stereocenters. The molecule has 1 aliphatic rings. The third-order valence-electron chi connectivity index (χ3n) is 5.36. The lowest BCUT2D eigenvalue weighted by Gasteiger charge is -2.45. The number of quaternary nitrogens is 1. The van der Waals surface area contributed by atoms with Gasteiger partial charge in [-0.3, -0.25) is 4.65 Å². The van der Waals surface area contributed by atoms with Gasteiger partial charge in [0, 0.05) is 22.9 Å². The van der Waals surface area contributed by atoms with Crippen molar-refractivity contribution in [3.8, 4) is 5.75 Å². The van der Waals surface area contributed by atoms with Gasteiger partial charge in [-0.25, -0.2) is 0 Å². The maximum atomic E-state index is 14.2. The molecule has 5 heteroatoms. The fourth-order valence-corrected chi connectivity index (χ4v) is 4.19. The number of nitrogens with one attached hydrogen (secondary N) is 1. The summed E-state index contributed by atoms with van der Waals surface area (Å²) < 4.78 is 5.71. The molecule has 0 radical (unpaired) electrons. The van der Waals surface area contributed by atoms with Crippen LogP contribution in [-0.2, 0) is 0 Å². The Balaban J connectivity index is 2.18. The van der Waals surface area contributed by atoms with Crippen LogP contribution in [0.5, 0.6) is 5.75 Å². The van der Waals surface area contributed by atoms with Gasteiger partial charge in [0.15, 0.2) is 11.4 Å². The highest BCUT2D eigenvalue weighted by Crippen LogP contribution is 2.47. The number of aryl methyl sites for hydroxylation is 4. The van der Waals surface area contributed by atoms with Crippen molar-refractivity contribution in [2.24, 2.45) is 0 Å². The molecule has 1 aromatic heterocycles. The number of nitrogens with zero attached hydrogens (tertiary/aromatic N) is 2. The van der Waals surface area contributed by atoms with E-state index in [0.717, 1.165) is 46.8 Å². The minimum atomic E-state index is -0.540. The molecule has 27 heavy (non-hydrogen) atoms. The molecule has 0 saturated heterocycles. The second-order valence-corrected chi connectivity index (χ2v) is 7.65. The highest BCUT2D eigenvalue weighted by atomic mass is 16.5. The predicted molar refractivity (Wildman–Crippen MR) is 113 cm³/mol. The molecule has 5 nitrogen and oxygen atoms in total. The van der Waals surface area contributed by atoms with E-state index in [4.69, 9.17) is 4.74 Å². The van der Waals surface area contributed by atoms with Crippen molar-refractivity contribution in [2.45, 2.75) is 60.5 Å². The van der Waals surface area contributed by atoms with Gasteiger partial charge in [0.2, 0.25) is 0 Å². The molecule has 2 heterocycles. The lowest BCUT2D eigenvalue weighted by molar-refractivity contribution is 0.193. The Hall–Kier alpha value is -2.11. The molecule has 146 valence electrons. The lowest BCUT2D eigenvalue weighted by Crippen LogP contribution is -2.47. The van der Waals surface area contributed by atoms with Crippen molar-refractivity contribution in [2.75, 3.05) is 18.4 Å².